The second kappa shape index (κ2) is 6.56. The lowest BCUT2D eigenvalue weighted by molar-refractivity contribution is 0.270. The summed E-state index contributed by atoms with van der Waals surface area (Å²) in [6, 6.07) is 1.95. The van der Waals surface area contributed by atoms with Crippen molar-refractivity contribution in [1.29, 1.82) is 0 Å². The molecule has 0 atom stereocenters. The summed E-state index contributed by atoms with van der Waals surface area (Å²) in [7, 11) is 0. The first kappa shape index (κ1) is 11.2. The molecule has 0 fully saturated rings. The second-order valence-corrected chi connectivity index (χ2v) is 3.35. The van der Waals surface area contributed by atoms with E-state index < -0.39 is 0 Å². The first-order valence-corrected chi connectivity index (χ1v) is 5.26. The lowest BCUT2D eigenvalue weighted by atomic mass is 10.3. The Kier molecular flexibility index (Phi) is 5.25. The third-order valence-electron chi connectivity index (χ3n) is 2.33. The molecule has 0 aliphatic heterocycles. The molecule has 1 aromatic heterocycles. The summed E-state index contributed by atoms with van der Waals surface area (Å²) in [6.07, 6.45) is 4.89. The average molecular weight is 196 g/mol. The van der Waals surface area contributed by atoms with E-state index in [4.69, 9.17) is 5.73 Å². The van der Waals surface area contributed by atoms with Crippen LogP contribution in [0.4, 0.5) is 0 Å². The molecule has 0 aromatic carbocycles. The van der Waals surface area contributed by atoms with Crippen LogP contribution in [0.3, 0.4) is 0 Å². The Morgan fingerprint density at radius 3 is 2.86 bits per heavy atom. The summed E-state index contributed by atoms with van der Waals surface area (Å²) in [5.41, 5.74) is 5.48. The fourth-order valence-electron chi connectivity index (χ4n) is 1.42. The van der Waals surface area contributed by atoms with Gasteiger partial charge in [0.2, 0.25) is 0 Å². The van der Waals surface area contributed by atoms with Gasteiger partial charge in [0, 0.05) is 18.9 Å². The van der Waals surface area contributed by atoms with Crippen molar-refractivity contribution < 1.29 is 0 Å². The first-order valence-electron chi connectivity index (χ1n) is 5.26. The molecule has 4 nitrogen and oxygen atoms in total. The van der Waals surface area contributed by atoms with Gasteiger partial charge in [0.1, 0.15) is 0 Å². The van der Waals surface area contributed by atoms with Crippen molar-refractivity contribution in [2.24, 2.45) is 5.73 Å². The van der Waals surface area contributed by atoms with Crippen molar-refractivity contribution in [3.63, 3.8) is 0 Å². The van der Waals surface area contributed by atoms with Gasteiger partial charge in [-0.15, -0.1) is 0 Å². The van der Waals surface area contributed by atoms with Gasteiger partial charge in [-0.05, 0) is 32.1 Å². The minimum Gasteiger partial charge on any atom is -0.330 e. The van der Waals surface area contributed by atoms with Gasteiger partial charge in [-0.1, -0.05) is 6.92 Å². The van der Waals surface area contributed by atoms with E-state index in [1.807, 2.05) is 23.1 Å². The zero-order valence-corrected chi connectivity index (χ0v) is 8.89. The van der Waals surface area contributed by atoms with Crippen LogP contribution in [0, 0.1) is 0 Å². The highest BCUT2D eigenvalue weighted by molar-refractivity contribution is 4.77. The van der Waals surface area contributed by atoms with Gasteiger partial charge in [-0.3, -0.25) is 4.68 Å². The summed E-state index contributed by atoms with van der Waals surface area (Å²) >= 11 is 0. The van der Waals surface area contributed by atoms with Gasteiger partial charge in [-0.2, -0.15) is 5.10 Å². The third kappa shape index (κ3) is 3.89. The number of rotatable bonds is 7. The maximum absolute atomic E-state index is 5.48. The molecule has 1 heterocycles. The van der Waals surface area contributed by atoms with E-state index in [9.17, 15) is 0 Å². The third-order valence-corrected chi connectivity index (χ3v) is 2.33. The zero-order chi connectivity index (χ0) is 10.2. The number of hydrogen-bond donors (Lipinski definition) is 1. The molecule has 80 valence electrons. The number of nitrogens with two attached hydrogens (primary N) is 1. The Balaban J connectivity index is 2.20. The van der Waals surface area contributed by atoms with Gasteiger partial charge < -0.3 is 10.6 Å². The summed E-state index contributed by atoms with van der Waals surface area (Å²) in [5, 5.41) is 4.17. The Morgan fingerprint density at radius 1 is 1.43 bits per heavy atom. The first-order chi connectivity index (χ1) is 6.86. The Hall–Kier alpha value is -0.870. The van der Waals surface area contributed by atoms with Crippen LogP contribution in [0.25, 0.3) is 0 Å². The molecule has 1 rings (SSSR count). The lowest BCUT2D eigenvalue weighted by Gasteiger charge is -2.19. The summed E-state index contributed by atoms with van der Waals surface area (Å²) < 4.78 is 1.96. The van der Waals surface area contributed by atoms with E-state index in [0.717, 1.165) is 39.1 Å². The van der Waals surface area contributed by atoms with Crippen molar-refractivity contribution in [3.05, 3.63) is 18.5 Å². The van der Waals surface area contributed by atoms with Gasteiger partial charge in [0.25, 0.3) is 0 Å². The quantitative estimate of drug-likeness (QED) is 0.693. The highest BCUT2D eigenvalue weighted by Crippen LogP contribution is 1.92. The summed E-state index contributed by atoms with van der Waals surface area (Å²) in [4.78, 5) is 2.40. The molecule has 0 amide bonds. The fraction of sp³-hybridized carbons (Fsp3) is 0.700. The monoisotopic (exact) mass is 196 g/mol. The molecule has 14 heavy (non-hydrogen) atoms. The molecule has 0 aliphatic rings. The highest BCUT2D eigenvalue weighted by atomic mass is 15.3. The van der Waals surface area contributed by atoms with Crippen LogP contribution in [-0.2, 0) is 6.54 Å². The van der Waals surface area contributed by atoms with Crippen LogP contribution < -0.4 is 5.73 Å². The molecule has 0 spiro atoms. The average Bonchev–Trinajstić information content (AvgIpc) is 2.71. The number of likely N-dealkylation sites (N-methyl/N-ethyl adjacent to an activating group) is 1. The molecular formula is C10H20N4. The smallest absolute Gasteiger partial charge is 0.0536 e. The van der Waals surface area contributed by atoms with Gasteiger partial charge in [0.15, 0.2) is 0 Å². The van der Waals surface area contributed by atoms with Crippen molar-refractivity contribution in [2.75, 3.05) is 26.2 Å². The standard InChI is InChI=1S/C10H20N4/c1-2-13(7-3-5-11)9-10-14-8-4-6-12-14/h4,6,8H,2-3,5,7,9-11H2,1H3. The molecule has 0 bridgehead atoms. The molecule has 1 aromatic rings. The minimum atomic E-state index is 0.776. The molecule has 0 radical (unpaired) electrons. The normalized spacial score (nSPS) is 11.1. The molecular weight excluding hydrogens is 176 g/mol. The zero-order valence-electron chi connectivity index (χ0n) is 8.89. The van der Waals surface area contributed by atoms with E-state index in [-0.39, 0.29) is 0 Å². The number of nitrogens with zero attached hydrogens (tertiary/aromatic N) is 3. The van der Waals surface area contributed by atoms with Crippen LogP contribution in [0.15, 0.2) is 18.5 Å². The summed E-state index contributed by atoms with van der Waals surface area (Å²) in [6.45, 7) is 7.15. The second-order valence-electron chi connectivity index (χ2n) is 3.35. The molecule has 0 saturated carbocycles. The molecule has 0 saturated heterocycles. The van der Waals surface area contributed by atoms with Crippen LogP contribution >= 0.6 is 0 Å². The van der Waals surface area contributed by atoms with Crippen LogP contribution in [0.1, 0.15) is 13.3 Å². The van der Waals surface area contributed by atoms with Gasteiger partial charge in [0.05, 0.1) is 6.54 Å². The maximum Gasteiger partial charge on any atom is 0.0536 e. The Morgan fingerprint density at radius 2 is 2.29 bits per heavy atom. The fourth-order valence-corrected chi connectivity index (χ4v) is 1.42. The van der Waals surface area contributed by atoms with E-state index in [1.165, 1.54) is 0 Å². The Labute approximate surface area is 85.7 Å². The largest absolute Gasteiger partial charge is 0.330 e. The number of aromatic nitrogens is 2. The van der Waals surface area contributed by atoms with E-state index in [0.29, 0.717) is 0 Å². The van der Waals surface area contributed by atoms with Gasteiger partial charge in [-0.25, -0.2) is 0 Å². The summed E-state index contributed by atoms with van der Waals surface area (Å²) in [5.74, 6) is 0. The molecule has 2 N–H and O–H groups in total. The van der Waals surface area contributed by atoms with Crippen molar-refractivity contribution in [3.8, 4) is 0 Å². The molecule has 0 aliphatic carbocycles. The predicted molar refractivity (Wildman–Crippen MR) is 58.0 cm³/mol. The van der Waals surface area contributed by atoms with E-state index in [1.54, 1.807) is 0 Å². The van der Waals surface area contributed by atoms with E-state index >= 15 is 0 Å². The van der Waals surface area contributed by atoms with Crippen molar-refractivity contribution in [1.82, 2.24) is 14.7 Å². The number of hydrogen-bond acceptors (Lipinski definition) is 3. The maximum atomic E-state index is 5.48. The molecule has 0 unspecified atom stereocenters. The molecule has 4 heteroatoms. The van der Waals surface area contributed by atoms with Crippen LogP contribution in [-0.4, -0.2) is 40.9 Å². The lowest BCUT2D eigenvalue weighted by Crippen LogP contribution is -2.29. The minimum absolute atomic E-state index is 0.776. The van der Waals surface area contributed by atoms with E-state index in [2.05, 4.69) is 16.9 Å². The van der Waals surface area contributed by atoms with Gasteiger partial charge >= 0.3 is 0 Å². The topological polar surface area (TPSA) is 47.1 Å². The highest BCUT2D eigenvalue weighted by Gasteiger charge is 2.01. The van der Waals surface area contributed by atoms with Crippen molar-refractivity contribution in [2.45, 2.75) is 19.9 Å². The Bertz CT molecular complexity index is 220. The SMILES string of the molecule is CCN(CCCN)CCn1cccn1. The van der Waals surface area contributed by atoms with Crippen LogP contribution in [0.5, 0.6) is 0 Å². The van der Waals surface area contributed by atoms with Crippen LogP contribution in [0.2, 0.25) is 0 Å². The van der Waals surface area contributed by atoms with Crippen molar-refractivity contribution >= 4 is 0 Å². The predicted octanol–water partition coefficient (Wildman–Crippen LogP) is 0.554.